The first-order valence-corrected chi connectivity index (χ1v) is 4.06. The van der Waals surface area contributed by atoms with Gasteiger partial charge in [-0.2, -0.15) is 5.10 Å². The molecule has 1 heterocycles. The third kappa shape index (κ3) is 0.957. The molecule has 0 unspecified atom stereocenters. The lowest BCUT2D eigenvalue weighted by Gasteiger charge is -2.08. The van der Waals surface area contributed by atoms with Gasteiger partial charge in [-0.25, -0.2) is 0 Å². The fourth-order valence-corrected chi connectivity index (χ4v) is 1.67. The Balaban J connectivity index is 2.35. The molecule has 0 spiro atoms. The van der Waals surface area contributed by atoms with Crippen molar-refractivity contribution in [2.45, 2.75) is 18.3 Å². The predicted octanol–water partition coefficient (Wildman–Crippen LogP) is 1.05. The summed E-state index contributed by atoms with van der Waals surface area (Å²) >= 11 is 5.87. The van der Waals surface area contributed by atoms with Gasteiger partial charge >= 0.3 is 0 Å². The smallest absolute Gasteiger partial charge is 0.127 e. The minimum atomic E-state index is 0.157. The summed E-state index contributed by atoms with van der Waals surface area (Å²) in [6, 6.07) is 0. The maximum Gasteiger partial charge on any atom is 0.127 e. The first-order valence-electron chi connectivity index (χ1n) is 3.68. The maximum absolute atomic E-state index is 5.87. The number of nitrogens with two attached hydrogens (primary N) is 1. The highest BCUT2D eigenvalue weighted by Crippen LogP contribution is 2.48. The number of rotatable bonds is 2. The molecule has 0 saturated heterocycles. The molecule has 0 atom stereocenters. The van der Waals surface area contributed by atoms with Crippen LogP contribution in [-0.2, 0) is 5.41 Å². The first kappa shape index (κ1) is 7.13. The lowest BCUT2D eigenvalue weighted by molar-refractivity contribution is 0.705. The number of hydrogen-bond donors (Lipinski definition) is 2. The Morgan fingerprint density at radius 1 is 1.73 bits per heavy atom. The molecule has 3 N–H and O–H groups in total. The van der Waals surface area contributed by atoms with Crippen molar-refractivity contribution in [1.82, 2.24) is 10.2 Å². The monoisotopic (exact) mass is 171 g/mol. The molecule has 0 radical (unpaired) electrons. The van der Waals surface area contributed by atoms with Crippen molar-refractivity contribution < 1.29 is 0 Å². The Kier molecular flexibility index (Phi) is 1.44. The highest BCUT2D eigenvalue weighted by Gasteiger charge is 2.45. The molecule has 4 heteroatoms. The fraction of sp³-hybridized carbons (Fsp3) is 0.571. The summed E-state index contributed by atoms with van der Waals surface area (Å²) in [5, 5.41) is 7.22. The van der Waals surface area contributed by atoms with E-state index in [1.807, 2.05) is 0 Å². The number of aromatic amines is 1. The number of aromatic nitrogens is 2. The Morgan fingerprint density at radius 3 is 2.82 bits per heavy atom. The summed E-state index contributed by atoms with van der Waals surface area (Å²) in [5.41, 5.74) is 6.87. The van der Waals surface area contributed by atoms with Crippen molar-refractivity contribution in [3.63, 3.8) is 0 Å². The second-order valence-electron chi connectivity index (χ2n) is 3.08. The number of H-pyrrole nitrogens is 1. The zero-order chi connectivity index (χ0) is 7.90. The third-order valence-corrected chi connectivity index (χ3v) is 2.70. The van der Waals surface area contributed by atoms with Gasteiger partial charge in [-0.3, -0.25) is 5.10 Å². The standard InChI is InChI=1S/C7H10ClN3/c8-6-5(3-10-11-6)7(4-9)1-2-7/h3H,1-2,4,9H2,(H,10,11). The zero-order valence-electron chi connectivity index (χ0n) is 6.10. The summed E-state index contributed by atoms with van der Waals surface area (Å²) in [5.74, 6) is 0. The van der Waals surface area contributed by atoms with Gasteiger partial charge in [0.15, 0.2) is 0 Å². The molecule has 1 fully saturated rings. The molecule has 1 aliphatic rings. The van der Waals surface area contributed by atoms with Crippen LogP contribution in [0.15, 0.2) is 6.20 Å². The van der Waals surface area contributed by atoms with Gasteiger partial charge in [-0.1, -0.05) is 11.6 Å². The van der Waals surface area contributed by atoms with Gasteiger partial charge in [-0.15, -0.1) is 0 Å². The number of nitrogens with zero attached hydrogens (tertiary/aromatic N) is 1. The second-order valence-corrected chi connectivity index (χ2v) is 3.46. The van der Waals surface area contributed by atoms with Gasteiger partial charge in [0.1, 0.15) is 5.15 Å². The Bertz CT molecular complexity index is 264. The van der Waals surface area contributed by atoms with Crippen LogP contribution >= 0.6 is 11.6 Å². The minimum Gasteiger partial charge on any atom is -0.330 e. The van der Waals surface area contributed by atoms with Crippen LogP contribution in [0.5, 0.6) is 0 Å². The minimum absolute atomic E-state index is 0.157. The summed E-state index contributed by atoms with van der Waals surface area (Å²) in [6.45, 7) is 0.673. The second kappa shape index (κ2) is 2.22. The van der Waals surface area contributed by atoms with Crippen LogP contribution in [-0.4, -0.2) is 16.7 Å². The lowest BCUT2D eigenvalue weighted by atomic mass is 10.0. The topological polar surface area (TPSA) is 54.7 Å². The molecule has 2 rings (SSSR count). The van der Waals surface area contributed by atoms with Crippen LogP contribution in [0.4, 0.5) is 0 Å². The van der Waals surface area contributed by atoms with Gasteiger partial charge in [-0.05, 0) is 12.8 Å². The van der Waals surface area contributed by atoms with Crippen LogP contribution in [0.1, 0.15) is 18.4 Å². The maximum atomic E-state index is 5.87. The molecule has 11 heavy (non-hydrogen) atoms. The molecule has 0 aromatic carbocycles. The molecule has 1 aliphatic carbocycles. The van der Waals surface area contributed by atoms with Crippen LogP contribution in [0, 0.1) is 0 Å². The average Bonchev–Trinajstić information content (AvgIpc) is 2.70. The van der Waals surface area contributed by atoms with Crippen LogP contribution < -0.4 is 5.73 Å². The molecule has 1 aromatic heterocycles. The Hall–Kier alpha value is -0.540. The van der Waals surface area contributed by atoms with E-state index in [2.05, 4.69) is 10.2 Å². The molecular formula is C7H10ClN3. The van der Waals surface area contributed by atoms with Gasteiger partial charge in [0.25, 0.3) is 0 Å². The number of hydrogen-bond acceptors (Lipinski definition) is 2. The summed E-state index contributed by atoms with van der Waals surface area (Å²) in [7, 11) is 0. The van der Waals surface area contributed by atoms with Crippen molar-refractivity contribution in [1.29, 1.82) is 0 Å². The van der Waals surface area contributed by atoms with E-state index in [1.54, 1.807) is 6.20 Å². The van der Waals surface area contributed by atoms with E-state index in [-0.39, 0.29) is 5.41 Å². The van der Waals surface area contributed by atoms with Crippen molar-refractivity contribution in [3.8, 4) is 0 Å². The zero-order valence-corrected chi connectivity index (χ0v) is 6.86. The molecule has 0 bridgehead atoms. The summed E-state index contributed by atoms with van der Waals surface area (Å²) < 4.78 is 0. The van der Waals surface area contributed by atoms with Crippen LogP contribution in [0.3, 0.4) is 0 Å². The molecule has 0 aliphatic heterocycles. The van der Waals surface area contributed by atoms with E-state index < -0.39 is 0 Å². The van der Waals surface area contributed by atoms with Crippen LogP contribution in [0.2, 0.25) is 5.15 Å². The number of nitrogens with one attached hydrogen (secondary N) is 1. The van der Waals surface area contributed by atoms with Gasteiger partial charge in [0.05, 0.1) is 6.20 Å². The molecule has 1 aromatic rings. The van der Waals surface area contributed by atoms with E-state index in [0.717, 1.165) is 18.4 Å². The Morgan fingerprint density at radius 2 is 2.45 bits per heavy atom. The largest absolute Gasteiger partial charge is 0.330 e. The van der Waals surface area contributed by atoms with Crippen molar-refractivity contribution in [2.75, 3.05) is 6.54 Å². The molecular weight excluding hydrogens is 162 g/mol. The molecule has 60 valence electrons. The van der Waals surface area contributed by atoms with Gasteiger partial charge in [0, 0.05) is 17.5 Å². The van der Waals surface area contributed by atoms with Crippen LogP contribution in [0.25, 0.3) is 0 Å². The molecule has 3 nitrogen and oxygen atoms in total. The molecule has 1 saturated carbocycles. The third-order valence-electron chi connectivity index (χ3n) is 2.41. The molecule has 0 amide bonds. The van der Waals surface area contributed by atoms with E-state index in [1.165, 1.54) is 0 Å². The summed E-state index contributed by atoms with van der Waals surface area (Å²) in [6.07, 6.45) is 4.06. The Labute approximate surface area is 69.9 Å². The summed E-state index contributed by atoms with van der Waals surface area (Å²) in [4.78, 5) is 0. The number of halogens is 1. The predicted molar refractivity (Wildman–Crippen MR) is 43.6 cm³/mol. The normalized spacial score (nSPS) is 20.2. The SMILES string of the molecule is NCC1(c2cn[nH]c2Cl)CC1. The fourth-order valence-electron chi connectivity index (χ4n) is 1.37. The van der Waals surface area contributed by atoms with E-state index in [0.29, 0.717) is 11.7 Å². The first-order chi connectivity index (χ1) is 5.28. The van der Waals surface area contributed by atoms with E-state index in [9.17, 15) is 0 Å². The van der Waals surface area contributed by atoms with Gasteiger partial charge < -0.3 is 5.73 Å². The highest BCUT2D eigenvalue weighted by atomic mass is 35.5. The van der Waals surface area contributed by atoms with E-state index in [4.69, 9.17) is 17.3 Å². The lowest BCUT2D eigenvalue weighted by Crippen LogP contribution is -2.19. The van der Waals surface area contributed by atoms with E-state index >= 15 is 0 Å². The van der Waals surface area contributed by atoms with Gasteiger partial charge in [0.2, 0.25) is 0 Å². The van der Waals surface area contributed by atoms with Crippen molar-refractivity contribution in [2.24, 2.45) is 5.73 Å². The van der Waals surface area contributed by atoms with Crippen molar-refractivity contribution >= 4 is 11.6 Å². The average molecular weight is 172 g/mol. The van der Waals surface area contributed by atoms with Crippen molar-refractivity contribution in [3.05, 3.63) is 16.9 Å². The highest BCUT2D eigenvalue weighted by molar-refractivity contribution is 6.30. The quantitative estimate of drug-likeness (QED) is 0.699.